The highest BCUT2D eigenvalue weighted by Gasteiger charge is 2.27. The molecule has 1 saturated heterocycles. The number of carbonyl (C=O) groups excluding carboxylic acids is 2. The van der Waals surface area contributed by atoms with Crippen LogP contribution in [0.25, 0.3) is 27.7 Å². The molecule has 0 unspecified atom stereocenters. The number of methoxy groups -OCH3 is 1. The summed E-state index contributed by atoms with van der Waals surface area (Å²) in [5.74, 6) is 0.549. The van der Waals surface area contributed by atoms with Crippen molar-refractivity contribution in [1.29, 1.82) is 0 Å². The molecule has 2 amide bonds. The van der Waals surface area contributed by atoms with Crippen molar-refractivity contribution in [2.45, 2.75) is 40.2 Å². The molecule has 1 aliphatic rings. The molecular weight excluding hydrogens is 456 g/mol. The van der Waals surface area contributed by atoms with Crippen LogP contribution in [0.15, 0.2) is 53.2 Å². The zero-order valence-corrected chi connectivity index (χ0v) is 21.9. The summed E-state index contributed by atoms with van der Waals surface area (Å²) in [7, 11) is 1.61. The third-order valence-corrected chi connectivity index (χ3v) is 6.27. The summed E-state index contributed by atoms with van der Waals surface area (Å²) in [5, 5.41) is 0.959. The summed E-state index contributed by atoms with van der Waals surface area (Å²) in [6.07, 6.45) is 3.05. The van der Waals surface area contributed by atoms with E-state index in [9.17, 15) is 9.59 Å². The zero-order chi connectivity index (χ0) is 26.0. The van der Waals surface area contributed by atoms with Gasteiger partial charge in [0.1, 0.15) is 16.9 Å². The molecule has 0 saturated carbocycles. The molecule has 190 valence electrons. The van der Waals surface area contributed by atoms with Crippen molar-refractivity contribution in [3.05, 3.63) is 59.9 Å². The summed E-state index contributed by atoms with van der Waals surface area (Å²) in [6.45, 7) is 11.3. The van der Waals surface area contributed by atoms with Gasteiger partial charge >= 0.3 is 6.09 Å². The maximum atomic E-state index is 13.1. The van der Waals surface area contributed by atoms with Crippen LogP contribution in [0, 0.1) is 6.92 Å². The van der Waals surface area contributed by atoms with E-state index < -0.39 is 5.60 Å². The van der Waals surface area contributed by atoms with Crippen molar-refractivity contribution < 1.29 is 23.5 Å². The molecule has 3 aromatic rings. The number of allylic oxidation sites excluding steroid dienone is 1. The van der Waals surface area contributed by atoms with Crippen LogP contribution >= 0.6 is 0 Å². The van der Waals surface area contributed by atoms with Crippen molar-refractivity contribution in [2.75, 3.05) is 33.3 Å². The predicted octanol–water partition coefficient (Wildman–Crippen LogP) is 5.90. The Bertz CT molecular complexity index is 1290. The molecule has 36 heavy (non-hydrogen) atoms. The largest absolute Gasteiger partial charge is 0.496 e. The Hall–Kier alpha value is -3.74. The molecule has 0 spiro atoms. The lowest BCUT2D eigenvalue weighted by atomic mass is 9.98. The van der Waals surface area contributed by atoms with Gasteiger partial charge in [-0.15, -0.1) is 0 Å². The fraction of sp³-hybridized carbons (Fsp3) is 0.379. The average molecular weight is 491 g/mol. The molecule has 7 nitrogen and oxygen atoms in total. The molecule has 0 bridgehead atoms. The standard InChI is InChI=1S/C29H34N2O5/c1-19-7-9-21(10-8-19)24-18-35-26-17-25(34-6)22(16-23(24)26)20(2)15-27(32)30-11-13-31(14-12-30)28(33)36-29(3,4)5/h7-10,15-18H,11-14H2,1-6H3/b20-15+. The van der Waals surface area contributed by atoms with E-state index in [1.807, 2.05) is 39.8 Å². The van der Waals surface area contributed by atoms with Crippen LogP contribution in [0.1, 0.15) is 38.8 Å². The van der Waals surface area contributed by atoms with Gasteiger partial charge in [-0.05, 0) is 51.8 Å². The van der Waals surface area contributed by atoms with Crippen molar-refractivity contribution in [1.82, 2.24) is 9.80 Å². The second-order valence-electron chi connectivity index (χ2n) is 10.2. The molecule has 2 heterocycles. The van der Waals surface area contributed by atoms with E-state index in [4.69, 9.17) is 13.9 Å². The molecular formula is C29H34N2O5. The first-order chi connectivity index (χ1) is 17.1. The van der Waals surface area contributed by atoms with Gasteiger partial charge in [0.15, 0.2) is 0 Å². The van der Waals surface area contributed by atoms with E-state index in [1.165, 1.54) is 5.56 Å². The van der Waals surface area contributed by atoms with E-state index in [0.29, 0.717) is 31.9 Å². The van der Waals surface area contributed by atoms with Crippen LogP contribution in [0.4, 0.5) is 4.79 Å². The topological polar surface area (TPSA) is 72.2 Å². The number of aryl methyl sites for hydroxylation is 1. The number of carbonyl (C=O) groups is 2. The van der Waals surface area contributed by atoms with Crippen molar-refractivity contribution in [3.8, 4) is 16.9 Å². The van der Waals surface area contributed by atoms with Gasteiger partial charge < -0.3 is 23.7 Å². The van der Waals surface area contributed by atoms with E-state index in [1.54, 1.807) is 29.2 Å². The Labute approximate surface area is 212 Å². The maximum Gasteiger partial charge on any atom is 0.410 e. The number of hydrogen-bond acceptors (Lipinski definition) is 5. The molecule has 4 rings (SSSR count). The van der Waals surface area contributed by atoms with Crippen LogP contribution in [0.5, 0.6) is 5.75 Å². The molecule has 7 heteroatoms. The number of furan rings is 1. The Morgan fingerprint density at radius 2 is 1.64 bits per heavy atom. The monoisotopic (exact) mass is 490 g/mol. The van der Waals surface area contributed by atoms with Crippen molar-refractivity contribution in [3.63, 3.8) is 0 Å². The lowest BCUT2D eigenvalue weighted by Gasteiger charge is -2.35. The van der Waals surface area contributed by atoms with Gasteiger partial charge in [-0.25, -0.2) is 4.79 Å². The maximum absolute atomic E-state index is 13.1. The van der Waals surface area contributed by atoms with E-state index in [0.717, 1.165) is 33.2 Å². The molecule has 2 aromatic carbocycles. The number of benzene rings is 2. The lowest BCUT2D eigenvalue weighted by Crippen LogP contribution is -2.51. The molecule has 0 aliphatic carbocycles. The molecule has 0 N–H and O–H groups in total. The summed E-state index contributed by atoms with van der Waals surface area (Å²) in [6, 6.07) is 12.2. The highest BCUT2D eigenvalue weighted by molar-refractivity contribution is 6.00. The van der Waals surface area contributed by atoms with Crippen LogP contribution in [0.2, 0.25) is 0 Å². The van der Waals surface area contributed by atoms with Gasteiger partial charge in [-0.2, -0.15) is 0 Å². The second kappa shape index (κ2) is 10.1. The number of nitrogens with zero attached hydrogens (tertiary/aromatic N) is 2. The zero-order valence-electron chi connectivity index (χ0n) is 21.9. The molecule has 1 fully saturated rings. The van der Waals surface area contributed by atoms with E-state index in [2.05, 4.69) is 31.2 Å². The van der Waals surface area contributed by atoms with Crippen LogP contribution in [-0.4, -0.2) is 60.7 Å². The first-order valence-corrected chi connectivity index (χ1v) is 12.2. The number of hydrogen-bond donors (Lipinski definition) is 0. The third kappa shape index (κ3) is 5.56. The number of rotatable bonds is 4. The van der Waals surface area contributed by atoms with Gasteiger partial charge in [-0.1, -0.05) is 29.8 Å². The van der Waals surface area contributed by atoms with Gasteiger partial charge in [0.2, 0.25) is 5.91 Å². The minimum atomic E-state index is -0.543. The third-order valence-electron chi connectivity index (χ3n) is 6.27. The first kappa shape index (κ1) is 25.4. The van der Waals surface area contributed by atoms with Gasteiger partial charge in [0.05, 0.1) is 13.4 Å². The minimum Gasteiger partial charge on any atom is -0.496 e. The first-order valence-electron chi connectivity index (χ1n) is 12.2. The quantitative estimate of drug-likeness (QED) is 0.426. The second-order valence-corrected chi connectivity index (χ2v) is 10.2. The normalized spacial score (nSPS) is 14.8. The number of ether oxygens (including phenoxy) is 2. The molecule has 0 atom stereocenters. The fourth-order valence-corrected chi connectivity index (χ4v) is 4.28. The molecule has 1 aliphatic heterocycles. The van der Waals surface area contributed by atoms with Crippen LogP contribution < -0.4 is 4.74 Å². The summed E-state index contributed by atoms with van der Waals surface area (Å²) in [5.41, 5.74) is 5.06. The summed E-state index contributed by atoms with van der Waals surface area (Å²) < 4.78 is 16.9. The van der Waals surface area contributed by atoms with E-state index >= 15 is 0 Å². The summed E-state index contributed by atoms with van der Waals surface area (Å²) in [4.78, 5) is 28.8. The van der Waals surface area contributed by atoms with Gasteiger partial charge in [0.25, 0.3) is 0 Å². The van der Waals surface area contributed by atoms with E-state index in [-0.39, 0.29) is 12.0 Å². The Kier molecular flexibility index (Phi) is 7.11. The number of piperazine rings is 1. The van der Waals surface area contributed by atoms with Crippen molar-refractivity contribution in [2.24, 2.45) is 0 Å². The number of fused-ring (bicyclic) bond motifs is 1. The number of amides is 2. The average Bonchev–Trinajstić information content (AvgIpc) is 3.25. The highest BCUT2D eigenvalue weighted by Crippen LogP contribution is 2.37. The SMILES string of the molecule is COc1cc2occ(-c3ccc(C)cc3)c2cc1/C(C)=C/C(=O)N1CCN(C(=O)OC(C)(C)C)CC1. The Morgan fingerprint density at radius 3 is 2.25 bits per heavy atom. The van der Waals surface area contributed by atoms with Crippen LogP contribution in [0.3, 0.4) is 0 Å². The Morgan fingerprint density at radius 1 is 1.00 bits per heavy atom. The van der Waals surface area contributed by atoms with Crippen molar-refractivity contribution >= 4 is 28.5 Å². The van der Waals surface area contributed by atoms with Gasteiger partial charge in [-0.3, -0.25) is 4.79 Å². The molecule has 1 aromatic heterocycles. The fourth-order valence-electron chi connectivity index (χ4n) is 4.28. The molecule has 0 radical (unpaired) electrons. The highest BCUT2D eigenvalue weighted by atomic mass is 16.6. The predicted molar refractivity (Wildman–Crippen MR) is 141 cm³/mol. The minimum absolute atomic E-state index is 0.0931. The Balaban J connectivity index is 1.54. The smallest absolute Gasteiger partial charge is 0.410 e. The summed E-state index contributed by atoms with van der Waals surface area (Å²) >= 11 is 0. The lowest BCUT2D eigenvalue weighted by molar-refractivity contribution is -0.127. The van der Waals surface area contributed by atoms with Gasteiger partial charge in [0, 0.05) is 54.8 Å². The van der Waals surface area contributed by atoms with Crippen LogP contribution in [-0.2, 0) is 9.53 Å².